The molecule has 0 radical (unpaired) electrons. The van der Waals surface area contributed by atoms with E-state index >= 15 is 0 Å². The van der Waals surface area contributed by atoms with E-state index in [9.17, 15) is 0 Å². The monoisotopic (exact) mass is 385 g/mol. The lowest BCUT2D eigenvalue weighted by atomic mass is 9.75. The van der Waals surface area contributed by atoms with Gasteiger partial charge in [0.2, 0.25) is 0 Å². The Bertz CT molecular complexity index is 988. The fourth-order valence-corrected chi connectivity index (χ4v) is 4.81. The molecule has 1 aliphatic carbocycles. The molecule has 2 nitrogen and oxygen atoms in total. The maximum atomic E-state index is 6.06. The summed E-state index contributed by atoms with van der Waals surface area (Å²) in [6, 6.07) is 24.9. The number of aryl methyl sites for hydroxylation is 2. The molecule has 3 aromatic rings. The minimum absolute atomic E-state index is 0.273. The van der Waals surface area contributed by atoms with Crippen molar-refractivity contribution in [1.82, 2.24) is 4.90 Å². The molecule has 0 amide bonds. The Balaban J connectivity index is 1.65. The predicted molar refractivity (Wildman–Crippen MR) is 122 cm³/mol. The van der Waals surface area contributed by atoms with Crippen molar-refractivity contribution in [2.75, 3.05) is 21.2 Å². The normalized spacial score (nSPS) is 21.2. The van der Waals surface area contributed by atoms with Crippen molar-refractivity contribution >= 4 is 0 Å². The predicted octanol–water partition coefficient (Wildman–Crippen LogP) is 6.07. The van der Waals surface area contributed by atoms with Gasteiger partial charge in [0, 0.05) is 13.2 Å². The Hall–Kier alpha value is -2.42. The van der Waals surface area contributed by atoms with Crippen LogP contribution in [0.15, 0.2) is 66.7 Å². The van der Waals surface area contributed by atoms with E-state index in [0.717, 1.165) is 12.8 Å². The van der Waals surface area contributed by atoms with Crippen LogP contribution < -0.4 is 0 Å². The highest BCUT2D eigenvalue weighted by Gasteiger charge is 2.41. The van der Waals surface area contributed by atoms with Gasteiger partial charge in [-0.15, -0.1) is 0 Å². The fourth-order valence-electron chi connectivity index (χ4n) is 4.81. The van der Waals surface area contributed by atoms with Gasteiger partial charge in [-0.1, -0.05) is 72.3 Å². The van der Waals surface area contributed by atoms with E-state index in [1.807, 2.05) is 7.11 Å². The highest BCUT2D eigenvalue weighted by Crippen LogP contribution is 2.41. The molecule has 3 aromatic carbocycles. The quantitative estimate of drug-likeness (QED) is 0.541. The first-order valence-electron chi connectivity index (χ1n) is 10.4. The third-order valence-electron chi connectivity index (χ3n) is 6.61. The molecular weight excluding hydrogens is 354 g/mol. The number of methoxy groups -OCH3 is 1. The summed E-state index contributed by atoms with van der Waals surface area (Å²) in [6.07, 6.45) is 2.20. The summed E-state index contributed by atoms with van der Waals surface area (Å²) in [7, 11) is 6.14. The molecule has 0 aromatic heterocycles. The molecule has 2 unspecified atom stereocenters. The zero-order valence-corrected chi connectivity index (χ0v) is 18.2. The molecule has 150 valence electrons. The van der Waals surface area contributed by atoms with Crippen LogP contribution in [-0.4, -0.2) is 32.1 Å². The summed E-state index contributed by atoms with van der Waals surface area (Å²) in [6.45, 7) is 4.35. The van der Waals surface area contributed by atoms with Crippen molar-refractivity contribution in [3.8, 4) is 22.3 Å². The first kappa shape index (κ1) is 19.9. The smallest absolute Gasteiger partial charge is 0.106 e. The minimum atomic E-state index is -0.273. The van der Waals surface area contributed by atoms with Crippen LogP contribution in [0.5, 0.6) is 0 Å². The number of fused-ring (bicyclic) bond motifs is 1. The van der Waals surface area contributed by atoms with Crippen LogP contribution in [0.1, 0.15) is 30.0 Å². The van der Waals surface area contributed by atoms with Crippen molar-refractivity contribution in [3.05, 3.63) is 83.4 Å². The number of nitrogens with zero attached hydrogens (tertiary/aromatic N) is 1. The van der Waals surface area contributed by atoms with Crippen molar-refractivity contribution in [2.45, 2.75) is 38.3 Å². The Kier molecular flexibility index (Phi) is 5.33. The van der Waals surface area contributed by atoms with Crippen LogP contribution in [0.25, 0.3) is 22.3 Å². The second-order valence-corrected chi connectivity index (χ2v) is 8.64. The van der Waals surface area contributed by atoms with Crippen molar-refractivity contribution in [1.29, 1.82) is 0 Å². The van der Waals surface area contributed by atoms with E-state index in [1.54, 1.807) is 0 Å². The second kappa shape index (κ2) is 7.78. The van der Waals surface area contributed by atoms with Crippen molar-refractivity contribution < 1.29 is 4.74 Å². The highest BCUT2D eigenvalue weighted by molar-refractivity contribution is 5.71. The second-order valence-electron chi connectivity index (χ2n) is 8.64. The number of likely N-dealkylation sites (N-methyl/N-ethyl adjacent to an activating group) is 1. The summed E-state index contributed by atoms with van der Waals surface area (Å²) in [4.78, 5) is 2.30. The maximum Gasteiger partial charge on any atom is 0.106 e. The van der Waals surface area contributed by atoms with E-state index < -0.39 is 0 Å². The van der Waals surface area contributed by atoms with Gasteiger partial charge in [-0.3, -0.25) is 0 Å². The van der Waals surface area contributed by atoms with E-state index in [0.29, 0.717) is 6.04 Å². The van der Waals surface area contributed by atoms with E-state index in [1.165, 1.54) is 38.9 Å². The van der Waals surface area contributed by atoms with Gasteiger partial charge in [-0.05, 0) is 74.2 Å². The lowest BCUT2D eigenvalue weighted by Gasteiger charge is -2.45. The molecule has 1 aliphatic rings. The number of benzene rings is 3. The third-order valence-corrected chi connectivity index (χ3v) is 6.61. The van der Waals surface area contributed by atoms with Crippen LogP contribution in [0.2, 0.25) is 0 Å². The molecule has 2 heteroatoms. The summed E-state index contributed by atoms with van der Waals surface area (Å²) >= 11 is 0. The molecule has 0 bridgehead atoms. The molecule has 0 aliphatic heterocycles. The number of hydrogen-bond donors (Lipinski definition) is 0. The summed E-state index contributed by atoms with van der Waals surface area (Å²) in [5.41, 5.74) is 8.81. The molecule has 29 heavy (non-hydrogen) atoms. The topological polar surface area (TPSA) is 12.5 Å². The standard InChI is InChI=1S/C27H31NO/c1-19-6-8-20(9-7-19)21-10-12-22(13-11-21)23-14-16-25-24(18-23)15-17-26(28(3)4)27(25,2)29-5/h6-14,16,18,26H,15,17H2,1-5H3. The van der Waals surface area contributed by atoms with Gasteiger partial charge in [0.05, 0.1) is 0 Å². The van der Waals surface area contributed by atoms with Crippen molar-refractivity contribution in [2.24, 2.45) is 0 Å². The molecule has 0 spiro atoms. The molecule has 4 rings (SSSR count). The Labute approximate surface area is 175 Å². The number of rotatable bonds is 4. The van der Waals surface area contributed by atoms with Gasteiger partial charge in [0.15, 0.2) is 0 Å². The Morgan fingerprint density at radius 3 is 1.90 bits per heavy atom. The average Bonchev–Trinajstić information content (AvgIpc) is 2.74. The van der Waals surface area contributed by atoms with Crippen LogP contribution in [0.4, 0.5) is 0 Å². The molecule has 0 heterocycles. The zero-order chi connectivity index (χ0) is 20.6. The highest BCUT2D eigenvalue weighted by atomic mass is 16.5. The summed E-state index contributed by atoms with van der Waals surface area (Å²) < 4.78 is 6.06. The van der Waals surface area contributed by atoms with Gasteiger partial charge >= 0.3 is 0 Å². The van der Waals surface area contributed by atoms with Gasteiger partial charge < -0.3 is 9.64 Å². The number of ether oxygens (including phenoxy) is 1. The average molecular weight is 386 g/mol. The lowest BCUT2D eigenvalue weighted by Crippen LogP contribution is -2.50. The SMILES string of the molecule is COC1(C)c2ccc(-c3ccc(-c4ccc(C)cc4)cc3)cc2CCC1N(C)C. The van der Waals surface area contributed by atoms with Gasteiger partial charge in [0.25, 0.3) is 0 Å². The zero-order valence-electron chi connectivity index (χ0n) is 18.2. The largest absolute Gasteiger partial charge is 0.372 e. The van der Waals surface area contributed by atoms with Gasteiger partial charge in [-0.25, -0.2) is 0 Å². The van der Waals surface area contributed by atoms with Crippen LogP contribution in [0, 0.1) is 6.92 Å². The van der Waals surface area contributed by atoms with Gasteiger partial charge in [0.1, 0.15) is 5.60 Å². The molecule has 0 fully saturated rings. The molecule has 0 saturated heterocycles. The summed E-state index contributed by atoms with van der Waals surface area (Å²) in [5.74, 6) is 0. The molecular formula is C27H31NO. The molecule has 2 atom stereocenters. The molecule has 0 saturated carbocycles. The van der Waals surface area contributed by atoms with Crippen LogP contribution in [-0.2, 0) is 16.8 Å². The number of hydrogen-bond acceptors (Lipinski definition) is 2. The Morgan fingerprint density at radius 2 is 1.34 bits per heavy atom. The minimum Gasteiger partial charge on any atom is -0.372 e. The van der Waals surface area contributed by atoms with Crippen LogP contribution in [0.3, 0.4) is 0 Å². The maximum absolute atomic E-state index is 6.06. The van der Waals surface area contributed by atoms with Crippen molar-refractivity contribution in [3.63, 3.8) is 0 Å². The Morgan fingerprint density at radius 1 is 0.828 bits per heavy atom. The molecule has 0 N–H and O–H groups in total. The van der Waals surface area contributed by atoms with E-state index in [2.05, 4.69) is 99.6 Å². The summed E-state index contributed by atoms with van der Waals surface area (Å²) in [5, 5.41) is 0. The van der Waals surface area contributed by atoms with E-state index in [-0.39, 0.29) is 5.60 Å². The third kappa shape index (κ3) is 3.63. The fraction of sp³-hybridized carbons (Fsp3) is 0.333. The van der Waals surface area contributed by atoms with Gasteiger partial charge in [-0.2, -0.15) is 0 Å². The lowest BCUT2D eigenvalue weighted by molar-refractivity contribution is -0.0686. The first-order chi connectivity index (χ1) is 13.9. The van der Waals surface area contributed by atoms with E-state index in [4.69, 9.17) is 4.74 Å². The first-order valence-corrected chi connectivity index (χ1v) is 10.4. The van der Waals surface area contributed by atoms with Crippen LogP contribution >= 0.6 is 0 Å².